The second-order valence-corrected chi connectivity index (χ2v) is 44.1. The fraction of sp³-hybridized carbons (Fsp3) is 0.745. The van der Waals surface area contributed by atoms with Gasteiger partial charge in [-0.15, -0.1) is 0 Å². The molecule has 0 bridgehead atoms. The highest BCUT2D eigenvalue weighted by Crippen LogP contribution is 2.67. The SMILES string of the molecule is Cc1c(O[Si](C)(C)C(C)(C)C)c(O[Si](C)(C)C(C)(C)C)cc2c1C1(CC2(C)C)CC(C)(C)c2cc(O[Si](C)(C)C(C)(C)C)c(O[Si](C)(C)C(C)(C)C)c(C)c21. The van der Waals surface area contributed by atoms with Gasteiger partial charge in [0, 0.05) is 5.41 Å². The molecule has 55 heavy (non-hydrogen) atoms. The van der Waals surface area contributed by atoms with Gasteiger partial charge in [-0.3, -0.25) is 0 Å². The van der Waals surface area contributed by atoms with Gasteiger partial charge in [-0.25, -0.2) is 0 Å². The zero-order valence-corrected chi connectivity index (χ0v) is 44.7. The van der Waals surface area contributed by atoms with Gasteiger partial charge in [0.15, 0.2) is 0 Å². The van der Waals surface area contributed by atoms with Crippen molar-refractivity contribution in [2.24, 2.45) is 0 Å². The van der Waals surface area contributed by atoms with Crippen molar-refractivity contribution in [3.05, 3.63) is 45.5 Å². The fourth-order valence-electron chi connectivity index (χ4n) is 8.16. The topological polar surface area (TPSA) is 36.9 Å². The molecule has 0 aliphatic heterocycles. The molecule has 312 valence electrons. The molecule has 0 saturated carbocycles. The summed E-state index contributed by atoms with van der Waals surface area (Å²) in [7, 11) is -8.91. The van der Waals surface area contributed by atoms with Crippen LogP contribution < -0.4 is 17.7 Å². The van der Waals surface area contributed by atoms with E-state index >= 15 is 0 Å². The van der Waals surface area contributed by atoms with Crippen LogP contribution in [-0.2, 0) is 16.2 Å². The molecular formula is C47H84O4Si4. The average molecular weight is 826 g/mol. The van der Waals surface area contributed by atoms with Crippen LogP contribution in [0, 0.1) is 13.8 Å². The van der Waals surface area contributed by atoms with Crippen molar-refractivity contribution in [2.75, 3.05) is 0 Å². The second kappa shape index (κ2) is 13.3. The molecule has 0 amide bonds. The summed E-state index contributed by atoms with van der Waals surface area (Å²) in [6.45, 7) is 61.6. The summed E-state index contributed by atoms with van der Waals surface area (Å²) in [4.78, 5) is 0. The van der Waals surface area contributed by atoms with Crippen molar-refractivity contribution < 1.29 is 17.7 Å². The first kappa shape index (κ1) is 46.2. The van der Waals surface area contributed by atoms with E-state index in [1.807, 2.05) is 0 Å². The molecule has 0 fully saturated rings. The smallest absolute Gasteiger partial charge is 0.250 e. The van der Waals surface area contributed by atoms with Crippen LogP contribution in [-0.4, -0.2) is 33.3 Å². The maximum Gasteiger partial charge on any atom is 0.250 e. The lowest BCUT2D eigenvalue weighted by molar-refractivity contribution is 0.347. The Morgan fingerprint density at radius 3 is 0.909 bits per heavy atom. The summed E-state index contributed by atoms with van der Waals surface area (Å²) in [5.74, 6) is 3.86. The van der Waals surface area contributed by atoms with Gasteiger partial charge in [-0.1, -0.05) is 111 Å². The van der Waals surface area contributed by atoms with Gasteiger partial charge in [-0.2, -0.15) is 0 Å². The molecule has 2 aromatic carbocycles. The zero-order chi connectivity index (χ0) is 42.9. The molecule has 1 spiro atoms. The predicted octanol–water partition coefficient (Wildman–Crippen LogP) is 15.5. The third-order valence-electron chi connectivity index (χ3n) is 15.5. The molecule has 0 atom stereocenters. The first-order valence-corrected chi connectivity index (χ1v) is 32.8. The van der Waals surface area contributed by atoms with E-state index in [0.29, 0.717) is 0 Å². The lowest BCUT2D eigenvalue weighted by atomic mass is 9.70. The van der Waals surface area contributed by atoms with Gasteiger partial charge in [0.2, 0.25) is 0 Å². The number of benzene rings is 2. The van der Waals surface area contributed by atoms with E-state index in [-0.39, 0.29) is 36.4 Å². The van der Waals surface area contributed by atoms with E-state index in [9.17, 15) is 0 Å². The molecule has 2 aromatic rings. The van der Waals surface area contributed by atoms with Crippen LogP contribution in [0.4, 0.5) is 0 Å². The highest BCUT2D eigenvalue weighted by molar-refractivity contribution is 6.76. The minimum atomic E-state index is -2.25. The summed E-state index contributed by atoms with van der Waals surface area (Å²) < 4.78 is 29.7. The lowest BCUT2D eigenvalue weighted by Gasteiger charge is -2.42. The Morgan fingerprint density at radius 1 is 0.436 bits per heavy atom. The van der Waals surface area contributed by atoms with Gasteiger partial charge in [0.1, 0.15) is 23.0 Å². The number of hydrogen-bond donors (Lipinski definition) is 0. The molecule has 0 heterocycles. The Balaban J connectivity index is 2.18. The van der Waals surface area contributed by atoms with Crippen molar-refractivity contribution >= 4 is 33.3 Å². The minimum Gasteiger partial charge on any atom is -0.541 e. The standard InChI is InChI=1S/C47H84O4Si4/c1-31-37-33(27-35(48-52(19,20)41(3,4)5)39(31)50-54(23,24)43(9,10)11)45(15,16)29-47(37)30-46(17,18)34-28-36(49-53(21,22)42(6,7)8)40(32(2)38(34)47)51-55(25,26)44(12,13)14/h27-28H,29-30H2,1-26H3. The average Bonchev–Trinajstić information content (AvgIpc) is 3.28. The van der Waals surface area contributed by atoms with Gasteiger partial charge < -0.3 is 17.7 Å². The maximum atomic E-state index is 7.49. The molecule has 4 nitrogen and oxygen atoms in total. The van der Waals surface area contributed by atoms with Crippen molar-refractivity contribution in [2.45, 2.75) is 226 Å². The lowest BCUT2D eigenvalue weighted by Crippen LogP contribution is -2.46. The van der Waals surface area contributed by atoms with Gasteiger partial charge >= 0.3 is 0 Å². The van der Waals surface area contributed by atoms with E-state index in [0.717, 1.165) is 35.8 Å². The van der Waals surface area contributed by atoms with Crippen molar-refractivity contribution in [1.29, 1.82) is 0 Å². The monoisotopic (exact) mass is 825 g/mol. The Kier molecular flexibility index (Phi) is 11.1. The number of fused-ring (bicyclic) bond motifs is 4. The summed E-state index contributed by atoms with van der Waals surface area (Å²) in [5, 5.41) is 0.194. The number of rotatable bonds is 8. The molecule has 0 radical (unpaired) electrons. The summed E-state index contributed by atoms with van der Waals surface area (Å²) in [5.41, 5.74) is 7.89. The van der Waals surface area contributed by atoms with Crippen LogP contribution in [0.2, 0.25) is 72.5 Å². The van der Waals surface area contributed by atoms with Crippen LogP contribution in [0.5, 0.6) is 23.0 Å². The normalized spacial score (nSPS) is 18.7. The Bertz CT molecular complexity index is 1690. The zero-order valence-electron chi connectivity index (χ0n) is 40.7. The van der Waals surface area contributed by atoms with Gasteiger partial charge in [0.05, 0.1) is 0 Å². The van der Waals surface area contributed by atoms with Crippen LogP contribution in [0.15, 0.2) is 12.1 Å². The van der Waals surface area contributed by atoms with E-state index < -0.39 is 33.3 Å². The third-order valence-corrected chi connectivity index (χ3v) is 32.9. The van der Waals surface area contributed by atoms with Crippen LogP contribution in [0.1, 0.15) is 157 Å². The molecule has 0 saturated heterocycles. The predicted molar refractivity (Wildman–Crippen MR) is 250 cm³/mol. The summed E-state index contributed by atoms with van der Waals surface area (Å²) >= 11 is 0. The van der Waals surface area contributed by atoms with E-state index in [4.69, 9.17) is 17.7 Å². The highest BCUT2D eigenvalue weighted by atomic mass is 28.4. The molecule has 0 N–H and O–H groups in total. The summed E-state index contributed by atoms with van der Waals surface area (Å²) in [6.07, 6.45) is 2.05. The molecule has 2 aliphatic rings. The third kappa shape index (κ3) is 7.86. The van der Waals surface area contributed by atoms with Crippen molar-refractivity contribution in [3.63, 3.8) is 0 Å². The van der Waals surface area contributed by atoms with Crippen LogP contribution >= 0.6 is 0 Å². The molecule has 0 unspecified atom stereocenters. The van der Waals surface area contributed by atoms with Gasteiger partial charge in [-0.05, 0) is 156 Å². The fourth-order valence-corrected chi connectivity index (χ4v) is 12.3. The molecular weight excluding hydrogens is 741 g/mol. The Labute approximate surface area is 344 Å². The molecule has 4 rings (SSSR count). The van der Waals surface area contributed by atoms with Crippen LogP contribution in [0.25, 0.3) is 0 Å². The largest absolute Gasteiger partial charge is 0.541 e. The maximum absolute atomic E-state index is 7.49. The molecule has 0 aromatic heterocycles. The van der Waals surface area contributed by atoms with Crippen molar-refractivity contribution in [1.82, 2.24) is 0 Å². The first-order valence-electron chi connectivity index (χ1n) is 21.2. The Morgan fingerprint density at radius 2 is 0.673 bits per heavy atom. The number of hydrogen-bond acceptors (Lipinski definition) is 4. The molecule has 2 aliphatic carbocycles. The second-order valence-electron chi connectivity index (χ2n) is 25.2. The van der Waals surface area contributed by atoms with E-state index in [1.54, 1.807) is 0 Å². The Hall–Kier alpha value is -1.49. The van der Waals surface area contributed by atoms with Gasteiger partial charge in [0.25, 0.3) is 33.3 Å². The summed E-state index contributed by atoms with van der Waals surface area (Å²) in [6, 6.07) is 4.87. The highest BCUT2D eigenvalue weighted by Gasteiger charge is 2.59. The quantitative estimate of drug-likeness (QED) is 0.249. The van der Waals surface area contributed by atoms with E-state index in [2.05, 4.69) is 189 Å². The minimum absolute atomic E-state index is 0.0404. The van der Waals surface area contributed by atoms with Crippen LogP contribution in [0.3, 0.4) is 0 Å². The molecule has 8 heteroatoms. The van der Waals surface area contributed by atoms with E-state index in [1.165, 1.54) is 33.4 Å². The van der Waals surface area contributed by atoms with Crippen molar-refractivity contribution in [3.8, 4) is 23.0 Å². The first-order chi connectivity index (χ1) is 24.1.